The van der Waals surface area contributed by atoms with Crippen molar-refractivity contribution in [3.8, 4) is 0 Å². The number of halogens is 1. The molecule has 3 rings (SSSR count). The number of likely N-dealkylation sites (tertiary alicyclic amines) is 1. The van der Waals surface area contributed by atoms with Crippen LogP contribution in [0.4, 0.5) is 0 Å². The van der Waals surface area contributed by atoms with Crippen LogP contribution in [0.15, 0.2) is 29.4 Å². The normalized spacial score (nSPS) is 21.5. The standard InChI is InChI=1S/C16H24N6.HI/c1-4-16(2)8-10-21(12-16)15(17-3)18-11-14-20-19-13-7-5-6-9-22(13)14;/h5-7,9H,4,8,10-12H2,1-3H3,(H,17,18);1H. The summed E-state index contributed by atoms with van der Waals surface area (Å²) in [4.78, 5) is 6.76. The Balaban J connectivity index is 0.00000192. The third kappa shape index (κ3) is 3.76. The van der Waals surface area contributed by atoms with Crippen LogP contribution in [-0.2, 0) is 6.54 Å². The Morgan fingerprint density at radius 3 is 2.91 bits per heavy atom. The molecule has 2 aromatic heterocycles. The van der Waals surface area contributed by atoms with Crippen molar-refractivity contribution in [1.82, 2.24) is 24.8 Å². The Kier molecular flexibility index (Phi) is 5.83. The molecule has 1 fully saturated rings. The van der Waals surface area contributed by atoms with Crippen LogP contribution in [0, 0.1) is 5.41 Å². The molecule has 1 N–H and O–H groups in total. The fraction of sp³-hybridized carbons (Fsp3) is 0.562. The van der Waals surface area contributed by atoms with Crippen LogP contribution in [0.2, 0.25) is 0 Å². The lowest BCUT2D eigenvalue weighted by Gasteiger charge is -2.25. The zero-order chi connectivity index (χ0) is 15.6. The van der Waals surface area contributed by atoms with Crippen molar-refractivity contribution in [2.24, 2.45) is 10.4 Å². The maximum atomic E-state index is 4.42. The summed E-state index contributed by atoms with van der Waals surface area (Å²) >= 11 is 0. The minimum Gasteiger partial charge on any atom is -0.349 e. The fourth-order valence-electron chi connectivity index (χ4n) is 3.00. The first-order valence-corrected chi connectivity index (χ1v) is 7.89. The van der Waals surface area contributed by atoms with Crippen molar-refractivity contribution in [3.63, 3.8) is 0 Å². The highest BCUT2D eigenvalue weighted by Gasteiger charge is 2.33. The highest BCUT2D eigenvalue weighted by atomic mass is 127. The van der Waals surface area contributed by atoms with E-state index in [4.69, 9.17) is 0 Å². The van der Waals surface area contributed by atoms with Gasteiger partial charge in [-0.15, -0.1) is 34.2 Å². The number of nitrogens with one attached hydrogen (secondary N) is 1. The average Bonchev–Trinajstić information content (AvgIpc) is 3.13. The Morgan fingerprint density at radius 1 is 1.39 bits per heavy atom. The number of aliphatic imine (C=N–C) groups is 1. The van der Waals surface area contributed by atoms with E-state index in [-0.39, 0.29) is 24.0 Å². The lowest BCUT2D eigenvalue weighted by molar-refractivity contribution is 0.322. The molecule has 3 heterocycles. The van der Waals surface area contributed by atoms with Crippen LogP contribution in [-0.4, -0.2) is 45.6 Å². The molecule has 2 aromatic rings. The second-order valence-corrected chi connectivity index (χ2v) is 6.28. The van der Waals surface area contributed by atoms with E-state index in [2.05, 4.69) is 39.3 Å². The predicted octanol–water partition coefficient (Wildman–Crippen LogP) is 2.54. The summed E-state index contributed by atoms with van der Waals surface area (Å²) in [5.74, 6) is 1.85. The maximum absolute atomic E-state index is 4.42. The van der Waals surface area contributed by atoms with E-state index in [9.17, 15) is 0 Å². The van der Waals surface area contributed by atoms with Crippen LogP contribution >= 0.6 is 24.0 Å². The molecule has 1 aliphatic heterocycles. The summed E-state index contributed by atoms with van der Waals surface area (Å²) < 4.78 is 2.00. The molecule has 0 radical (unpaired) electrons. The van der Waals surface area contributed by atoms with E-state index in [0.29, 0.717) is 12.0 Å². The van der Waals surface area contributed by atoms with Gasteiger partial charge in [-0.25, -0.2) is 0 Å². The molecule has 0 aliphatic carbocycles. The minimum atomic E-state index is 0. The molecule has 0 saturated carbocycles. The van der Waals surface area contributed by atoms with Gasteiger partial charge in [0.25, 0.3) is 0 Å². The number of rotatable bonds is 3. The summed E-state index contributed by atoms with van der Waals surface area (Å²) in [6, 6.07) is 5.91. The van der Waals surface area contributed by atoms with E-state index >= 15 is 0 Å². The first-order valence-electron chi connectivity index (χ1n) is 7.89. The first kappa shape index (κ1) is 18.0. The van der Waals surface area contributed by atoms with E-state index in [1.54, 1.807) is 0 Å². The van der Waals surface area contributed by atoms with Crippen molar-refractivity contribution in [2.75, 3.05) is 20.1 Å². The van der Waals surface area contributed by atoms with Gasteiger partial charge in [0, 0.05) is 26.3 Å². The molecule has 0 aromatic carbocycles. The molecule has 1 atom stereocenters. The van der Waals surface area contributed by atoms with E-state index in [0.717, 1.165) is 30.5 Å². The Morgan fingerprint density at radius 2 is 2.22 bits per heavy atom. The third-order valence-electron chi connectivity index (χ3n) is 4.71. The van der Waals surface area contributed by atoms with E-state index < -0.39 is 0 Å². The Labute approximate surface area is 154 Å². The molecule has 126 valence electrons. The SMILES string of the molecule is CCC1(C)CCN(C(=NC)NCc2nnc3ccccn23)C1.I. The smallest absolute Gasteiger partial charge is 0.194 e. The Bertz CT molecular complexity index is 682. The zero-order valence-corrected chi connectivity index (χ0v) is 16.3. The molecular formula is C16H25IN6. The number of hydrogen-bond donors (Lipinski definition) is 1. The summed E-state index contributed by atoms with van der Waals surface area (Å²) in [6.07, 6.45) is 4.41. The fourth-order valence-corrected chi connectivity index (χ4v) is 3.00. The summed E-state index contributed by atoms with van der Waals surface area (Å²) in [6.45, 7) is 7.36. The van der Waals surface area contributed by atoms with Crippen molar-refractivity contribution in [1.29, 1.82) is 0 Å². The first-order chi connectivity index (χ1) is 10.6. The van der Waals surface area contributed by atoms with Gasteiger partial charge in [-0.3, -0.25) is 9.39 Å². The highest BCUT2D eigenvalue weighted by molar-refractivity contribution is 14.0. The second kappa shape index (κ2) is 7.46. The molecule has 23 heavy (non-hydrogen) atoms. The van der Waals surface area contributed by atoms with Crippen LogP contribution in [0.3, 0.4) is 0 Å². The molecule has 1 aliphatic rings. The topological polar surface area (TPSA) is 57.8 Å². The zero-order valence-electron chi connectivity index (χ0n) is 14.0. The molecule has 0 amide bonds. The van der Waals surface area contributed by atoms with Crippen molar-refractivity contribution in [3.05, 3.63) is 30.2 Å². The monoisotopic (exact) mass is 428 g/mol. The summed E-state index contributed by atoms with van der Waals surface area (Å²) in [7, 11) is 1.84. The molecule has 1 unspecified atom stereocenters. The van der Waals surface area contributed by atoms with Gasteiger partial charge in [-0.2, -0.15) is 0 Å². The largest absolute Gasteiger partial charge is 0.349 e. The van der Waals surface area contributed by atoms with Gasteiger partial charge in [0.05, 0.1) is 6.54 Å². The van der Waals surface area contributed by atoms with Gasteiger partial charge in [-0.05, 0) is 30.4 Å². The number of hydrogen-bond acceptors (Lipinski definition) is 3. The summed E-state index contributed by atoms with van der Waals surface area (Å²) in [5, 5.41) is 11.8. The number of fused-ring (bicyclic) bond motifs is 1. The van der Waals surface area contributed by atoms with Crippen LogP contribution in [0.1, 0.15) is 32.5 Å². The van der Waals surface area contributed by atoms with E-state index in [1.807, 2.05) is 35.8 Å². The molecule has 7 heteroatoms. The van der Waals surface area contributed by atoms with Gasteiger partial charge >= 0.3 is 0 Å². The molecular weight excluding hydrogens is 403 g/mol. The van der Waals surface area contributed by atoms with Gasteiger partial charge in [0.15, 0.2) is 17.4 Å². The lowest BCUT2D eigenvalue weighted by Crippen LogP contribution is -2.40. The van der Waals surface area contributed by atoms with Crippen LogP contribution in [0.5, 0.6) is 0 Å². The van der Waals surface area contributed by atoms with Gasteiger partial charge < -0.3 is 10.2 Å². The van der Waals surface area contributed by atoms with Gasteiger partial charge in [0.1, 0.15) is 0 Å². The molecule has 0 spiro atoms. The number of aromatic nitrogens is 3. The second-order valence-electron chi connectivity index (χ2n) is 6.28. The highest BCUT2D eigenvalue weighted by Crippen LogP contribution is 2.32. The third-order valence-corrected chi connectivity index (χ3v) is 4.71. The number of guanidine groups is 1. The van der Waals surface area contributed by atoms with Crippen molar-refractivity contribution >= 4 is 35.6 Å². The van der Waals surface area contributed by atoms with E-state index in [1.165, 1.54) is 12.8 Å². The van der Waals surface area contributed by atoms with Gasteiger partial charge in [-0.1, -0.05) is 19.9 Å². The maximum Gasteiger partial charge on any atom is 0.194 e. The quantitative estimate of drug-likeness (QED) is 0.464. The minimum absolute atomic E-state index is 0. The molecule has 0 bridgehead atoms. The average molecular weight is 428 g/mol. The number of pyridine rings is 1. The van der Waals surface area contributed by atoms with Gasteiger partial charge in [0.2, 0.25) is 0 Å². The predicted molar refractivity (Wildman–Crippen MR) is 103 cm³/mol. The summed E-state index contributed by atoms with van der Waals surface area (Å²) in [5.41, 5.74) is 1.27. The number of nitrogens with zero attached hydrogens (tertiary/aromatic N) is 5. The van der Waals surface area contributed by atoms with Crippen LogP contribution in [0.25, 0.3) is 5.65 Å². The van der Waals surface area contributed by atoms with Crippen LogP contribution < -0.4 is 5.32 Å². The molecule has 1 saturated heterocycles. The molecule has 6 nitrogen and oxygen atoms in total. The van der Waals surface area contributed by atoms with Crippen molar-refractivity contribution in [2.45, 2.75) is 33.2 Å². The van der Waals surface area contributed by atoms with Crippen molar-refractivity contribution < 1.29 is 0 Å². The Hall–Kier alpha value is -1.38. The lowest BCUT2D eigenvalue weighted by atomic mass is 9.87.